The minimum Gasteiger partial charge on any atom is -0.481 e. The predicted molar refractivity (Wildman–Crippen MR) is 64.8 cm³/mol. The lowest BCUT2D eigenvalue weighted by molar-refractivity contribution is -0.141. The van der Waals surface area contributed by atoms with Crippen molar-refractivity contribution >= 4 is 12.0 Å². The smallest absolute Gasteiger partial charge is 0.317 e. The number of carbonyl (C=O) groups is 2. The maximum absolute atomic E-state index is 11.6. The average Bonchev–Trinajstić information content (AvgIpc) is 2.96. The Morgan fingerprint density at radius 2 is 2.06 bits per heavy atom. The number of carbonyl (C=O) groups excluding carboxylic acids is 1. The van der Waals surface area contributed by atoms with Crippen LogP contribution < -0.4 is 5.32 Å². The second-order valence-corrected chi connectivity index (χ2v) is 5.41. The summed E-state index contributed by atoms with van der Waals surface area (Å²) in [6, 6.07) is -0.192. The third kappa shape index (κ3) is 4.63. The third-order valence-corrected chi connectivity index (χ3v) is 3.42. The standard InChI is InChI=1S/C12H22N2O3/c1-9(10(15)16)8-14(3)11(17)13-7-6-12(2)4-5-12/h9H,4-8H2,1-3H3,(H,13,17)(H,15,16). The zero-order valence-corrected chi connectivity index (χ0v) is 10.8. The molecule has 17 heavy (non-hydrogen) atoms. The normalized spacial score (nSPS) is 18.3. The van der Waals surface area contributed by atoms with Gasteiger partial charge in [0.05, 0.1) is 5.92 Å². The zero-order chi connectivity index (χ0) is 13.1. The van der Waals surface area contributed by atoms with Gasteiger partial charge in [-0.1, -0.05) is 13.8 Å². The first-order valence-electron chi connectivity index (χ1n) is 6.06. The minimum atomic E-state index is -0.879. The number of nitrogens with one attached hydrogen (secondary N) is 1. The SMILES string of the molecule is CC(CN(C)C(=O)NCCC1(C)CC1)C(=O)O. The van der Waals surface area contributed by atoms with E-state index in [1.807, 2.05) is 0 Å². The molecule has 1 saturated carbocycles. The van der Waals surface area contributed by atoms with Crippen LogP contribution in [0.4, 0.5) is 4.79 Å². The molecular formula is C12H22N2O3. The first-order chi connectivity index (χ1) is 7.84. The summed E-state index contributed by atoms with van der Waals surface area (Å²) in [5.74, 6) is -1.41. The first kappa shape index (κ1) is 13.8. The third-order valence-electron chi connectivity index (χ3n) is 3.42. The highest BCUT2D eigenvalue weighted by molar-refractivity contribution is 5.75. The van der Waals surface area contributed by atoms with Gasteiger partial charge < -0.3 is 15.3 Å². The number of urea groups is 1. The summed E-state index contributed by atoms with van der Waals surface area (Å²) in [6.45, 7) is 4.71. The lowest BCUT2D eigenvalue weighted by Crippen LogP contribution is -2.41. The largest absolute Gasteiger partial charge is 0.481 e. The van der Waals surface area contributed by atoms with Crippen LogP contribution in [0.2, 0.25) is 0 Å². The van der Waals surface area contributed by atoms with Crippen LogP contribution in [-0.2, 0) is 4.79 Å². The fourth-order valence-electron chi connectivity index (χ4n) is 1.64. The van der Waals surface area contributed by atoms with Crippen molar-refractivity contribution in [3.8, 4) is 0 Å². The number of amides is 2. The molecule has 5 nitrogen and oxygen atoms in total. The van der Waals surface area contributed by atoms with E-state index in [2.05, 4.69) is 12.2 Å². The molecule has 1 aliphatic rings. The molecule has 2 amide bonds. The van der Waals surface area contributed by atoms with Gasteiger partial charge in [-0.25, -0.2) is 4.79 Å². The molecule has 0 bridgehead atoms. The summed E-state index contributed by atoms with van der Waals surface area (Å²) in [4.78, 5) is 23.7. The van der Waals surface area contributed by atoms with Gasteiger partial charge in [0.2, 0.25) is 0 Å². The molecular weight excluding hydrogens is 220 g/mol. The van der Waals surface area contributed by atoms with Crippen molar-refractivity contribution < 1.29 is 14.7 Å². The summed E-state index contributed by atoms with van der Waals surface area (Å²) in [5, 5.41) is 11.6. The molecule has 1 atom stereocenters. The molecule has 0 spiro atoms. The molecule has 0 heterocycles. The highest BCUT2D eigenvalue weighted by Crippen LogP contribution is 2.47. The molecule has 1 unspecified atom stereocenters. The van der Waals surface area contributed by atoms with E-state index < -0.39 is 11.9 Å². The average molecular weight is 242 g/mol. The van der Waals surface area contributed by atoms with Crippen LogP contribution in [0, 0.1) is 11.3 Å². The van der Waals surface area contributed by atoms with E-state index in [9.17, 15) is 9.59 Å². The van der Waals surface area contributed by atoms with Crippen molar-refractivity contribution in [2.45, 2.75) is 33.1 Å². The van der Waals surface area contributed by atoms with Gasteiger partial charge in [-0.15, -0.1) is 0 Å². The van der Waals surface area contributed by atoms with Crippen LogP contribution in [0.1, 0.15) is 33.1 Å². The topological polar surface area (TPSA) is 69.6 Å². The number of rotatable bonds is 6. The monoisotopic (exact) mass is 242 g/mol. The molecule has 1 fully saturated rings. The van der Waals surface area contributed by atoms with Gasteiger partial charge in [0.1, 0.15) is 0 Å². The van der Waals surface area contributed by atoms with Gasteiger partial charge in [-0.3, -0.25) is 4.79 Å². The Morgan fingerprint density at radius 3 is 2.53 bits per heavy atom. The number of aliphatic carboxylic acids is 1. The Kier molecular flexibility index (Phi) is 4.37. The van der Waals surface area contributed by atoms with Crippen molar-refractivity contribution in [1.29, 1.82) is 0 Å². The molecule has 98 valence electrons. The molecule has 0 radical (unpaired) electrons. The Balaban J connectivity index is 2.19. The van der Waals surface area contributed by atoms with Gasteiger partial charge >= 0.3 is 12.0 Å². The van der Waals surface area contributed by atoms with Crippen molar-refractivity contribution in [3.05, 3.63) is 0 Å². The molecule has 5 heteroatoms. The summed E-state index contributed by atoms with van der Waals surface area (Å²) in [7, 11) is 1.62. The van der Waals surface area contributed by atoms with Crippen LogP contribution in [-0.4, -0.2) is 42.1 Å². The minimum absolute atomic E-state index is 0.192. The van der Waals surface area contributed by atoms with Gasteiger partial charge in [-0.05, 0) is 24.7 Å². The lowest BCUT2D eigenvalue weighted by atomic mass is 10.1. The molecule has 0 aromatic rings. The molecule has 0 aromatic carbocycles. The molecule has 2 N–H and O–H groups in total. The fraction of sp³-hybridized carbons (Fsp3) is 0.833. The summed E-state index contributed by atoms with van der Waals surface area (Å²) < 4.78 is 0. The van der Waals surface area contributed by atoms with Crippen molar-refractivity contribution in [3.63, 3.8) is 0 Å². The van der Waals surface area contributed by atoms with E-state index in [4.69, 9.17) is 5.11 Å². The Bertz CT molecular complexity index is 300. The number of hydrogen-bond acceptors (Lipinski definition) is 2. The molecule has 0 aliphatic heterocycles. The number of nitrogens with zero attached hydrogens (tertiary/aromatic N) is 1. The fourth-order valence-corrected chi connectivity index (χ4v) is 1.64. The maximum atomic E-state index is 11.6. The molecule has 0 aromatic heterocycles. The molecule has 0 saturated heterocycles. The number of hydrogen-bond donors (Lipinski definition) is 2. The van der Waals surface area contributed by atoms with Crippen LogP contribution >= 0.6 is 0 Å². The van der Waals surface area contributed by atoms with E-state index in [-0.39, 0.29) is 12.6 Å². The van der Waals surface area contributed by atoms with E-state index in [1.165, 1.54) is 17.7 Å². The molecule has 1 rings (SSSR count). The summed E-state index contributed by atoms with van der Waals surface area (Å²) >= 11 is 0. The zero-order valence-electron chi connectivity index (χ0n) is 10.8. The number of carboxylic acids is 1. The Morgan fingerprint density at radius 1 is 1.47 bits per heavy atom. The summed E-state index contributed by atoms with van der Waals surface area (Å²) in [5.41, 5.74) is 0.431. The van der Waals surface area contributed by atoms with Gasteiger partial charge in [0, 0.05) is 20.1 Å². The van der Waals surface area contributed by atoms with E-state index in [0.717, 1.165) is 6.42 Å². The van der Waals surface area contributed by atoms with Crippen LogP contribution in [0.25, 0.3) is 0 Å². The van der Waals surface area contributed by atoms with Crippen molar-refractivity contribution in [2.75, 3.05) is 20.1 Å². The Labute approximate surface area is 102 Å². The molecule has 1 aliphatic carbocycles. The van der Waals surface area contributed by atoms with Gasteiger partial charge in [0.15, 0.2) is 0 Å². The number of carboxylic acid groups (broad SMARTS) is 1. The maximum Gasteiger partial charge on any atom is 0.317 e. The first-order valence-corrected chi connectivity index (χ1v) is 6.06. The van der Waals surface area contributed by atoms with E-state index in [0.29, 0.717) is 12.0 Å². The van der Waals surface area contributed by atoms with Gasteiger partial charge in [-0.2, -0.15) is 0 Å². The highest BCUT2D eigenvalue weighted by Gasteiger charge is 2.36. The van der Waals surface area contributed by atoms with Crippen molar-refractivity contribution in [1.82, 2.24) is 10.2 Å². The predicted octanol–water partition coefficient (Wildman–Crippen LogP) is 1.54. The van der Waals surface area contributed by atoms with Gasteiger partial charge in [0.25, 0.3) is 0 Å². The van der Waals surface area contributed by atoms with E-state index in [1.54, 1.807) is 14.0 Å². The second-order valence-electron chi connectivity index (χ2n) is 5.41. The lowest BCUT2D eigenvalue weighted by Gasteiger charge is -2.20. The van der Waals surface area contributed by atoms with Crippen LogP contribution in [0.5, 0.6) is 0 Å². The van der Waals surface area contributed by atoms with Crippen LogP contribution in [0.15, 0.2) is 0 Å². The van der Waals surface area contributed by atoms with Crippen molar-refractivity contribution in [2.24, 2.45) is 11.3 Å². The Hall–Kier alpha value is -1.26. The summed E-state index contributed by atoms with van der Waals surface area (Å²) in [6.07, 6.45) is 3.49. The highest BCUT2D eigenvalue weighted by atomic mass is 16.4. The second kappa shape index (κ2) is 5.38. The van der Waals surface area contributed by atoms with E-state index >= 15 is 0 Å². The quantitative estimate of drug-likeness (QED) is 0.742. The van der Waals surface area contributed by atoms with Crippen LogP contribution in [0.3, 0.4) is 0 Å².